The van der Waals surface area contributed by atoms with Gasteiger partial charge >= 0.3 is 6.09 Å². The summed E-state index contributed by atoms with van der Waals surface area (Å²) in [6.45, 7) is 4.17. The molecule has 0 heterocycles. The molecule has 0 saturated carbocycles. The number of ether oxygens (including phenoxy) is 1. The van der Waals surface area contributed by atoms with Gasteiger partial charge in [-0.15, -0.1) is 0 Å². The van der Waals surface area contributed by atoms with Crippen molar-refractivity contribution in [1.29, 1.82) is 0 Å². The normalized spacial score (nSPS) is 8.50. The van der Waals surface area contributed by atoms with Crippen molar-refractivity contribution in [2.45, 2.75) is 0 Å². The zero-order valence-electron chi connectivity index (χ0n) is 5.67. The van der Waals surface area contributed by atoms with Gasteiger partial charge in [0.1, 0.15) is 6.61 Å². The summed E-state index contributed by atoms with van der Waals surface area (Å²) >= 11 is 3.90. The third-order valence-corrected chi connectivity index (χ3v) is 0.937. The minimum absolute atomic E-state index is 0.248. The molecule has 0 aliphatic carbocycles. The van der Waals surface area contributed by atoms with E-state index in [0.717, 1.165) is 0 Å². The Morgan fingerprint density at radius 1 is 1.80 bits per heavy atom. The molecule has 0 aliphatic rings. The van der Waals surface area contributed by atoms with E-state index in [1.807, 2.05) is 0 Å². The molecule has 0 radical (unpaired) electrons. The van der Waals surface area contributed by atoms with E-state index < -0.39 is 6.09 Å². The average Bonchev–Trinajstić information content (AvgIpc) is 1.97. The Kier molecular flexibility index (Phi) is 6.06. The second-order valence-electron chi connectivity index (χ2n) is 1.54. The van der Waals surface area contributed by atoms with Crippen molar-refractivity contribution in [3.05, 3.63) is 12.7 Å². The highest BCUT2D eigenvalue weighted by molar-refractivity contribution is 7.80. The molecule has 0 bridgehead atoms. The van der Waals surface area contributed by atoms with E-state index in [-0.39, 0.29) is 6.61 Å². The summed E-state index contributed by atoms with van der Waals surface area (Å²) in [7, 11) is 0. The van der Waals surface area contributed by atoms with Crippen molar-refractivity contribution in [3.63, 3.8) is 0 Å². The zero-order valence-corrected chi connectivity index (χ0v) is 6.56. The summed E-state index contributed by atoms with van der Waals surface area (Å²) in [6.07, 6.45) is 1.09. The molecule has 58 valence electrons. The second-order valence-corrected chi connectivity index (χ2v) is 1.98. The Labute approximate surface area is 65.9 Å². The van der Waals surface area contributed by atoms with Crippen molar-refractivity contribution in [1.82, 2.24) is 5.32 Å². The molecule has 4 heteroatoms. The molecule has 3 nitrogen and oxygen atoms in total. The van der Waals surface area contributed by atoms with E-state index in [4.69, 9.17) is 0 Å². The number of nitrogens with one attached hydrogen (secondary N) is 1. The first-order valence-corrected chi connectivity index (χ1v) is 3.57. The molecule has 0 atom stereocenters. The number of hydrogen-bond acceptors (Lipinski definition) is 3. The van der Waals surface area contributed by atoms with Gasteiger partial charge in [-0.25, -0.2) is 4.79 Å². The lowest BCUT2D eigenvalue weighted by Gasteiger charge is -2.01. The van der Waals surface area contributed by atoms with Crippen LogP contribution in [0.5, 0.6) is 0 Å². The van der Waals surface area contributed by atoms with Crippen molar-refractivity contribution >= 4 is 18.7 Å². The van der Waals surface area contributed by atoms with E-state index in [1.54, 1.807) is 0 Å². The molecule has 1 amide bonds. The predicted molar refractivity (Wildman–Crippen MR) is 43.4 cm³/mol. The first-order valence-electron chi connectivity index (χ1n) is 2.93. The highest BCUT2D eigenvalue weighted by atomic mass is 32.1. The summed E-state index contributed by atoms with van der Waals surface area (Å²) in [4.78, 5) is 10.5. The quantitative estimate of drug-likeness (QED) is 0.473. The second kappa shape index (κ2) is 6.48. The Hall–Kier alpha value is -0.640. The van der Waals surface area contributed by atoms with Crippen LogP contribution in [0.1, 0.15) is 0 Å². The Balaban J connectivity index is 3.16. The summed E-state index contributed by atoms with van der Waals surface area (Å²) < 4.78 is 4.59. The first-order chi connectivity index (χ1) is 4.81. The van der Waals surface area contributed by atoms with E-state index in [1.165, 1.54) is 6.08 Å². The van der Waals surface area contributed by atoms with Crippen molar-refractivity contribution in [2.24, 2.45) is 0 Å². The summed E-state index contributed by atoms with van der Waals surface area (Å²) in [5.74, 6) is 0.614. The standard InChI is InChI=1S/C6H11NO2S/c1-2-4-9-6(8)7-3-5-10/h2,10H,1,3-5H2,(H,7,8). The Morgan fingerprint density at radius 2 is 2.50 bits per heavy atom. The first kappa shape index (κ1) is 9.36. The summed E-state index contributed by atoms with van der Waals surface area (Å²) in [5, 5.41) is 2.48. The van der Waals surface area contributed by atoms with E-state index >= 15 is 0 Å². The van der Waals surface area contributed by atoms with Crippen LogP contribution in [-0.2, 0) is 4.74 Å². The van der Waals surface area contributed by atoms with Crippen LogP contribution in [0.2, 0.25) is 0 Å². The van der Waals surface area contributed by atoms with Crippen LogP contribution in [0.3, 0.4) is 0 Å². The van der Waals surface area contributed by atoms with Crippen LogP contribution in [0.15, 0.2) is 12.7 Å². The van der Waals surface area contributed by atoms with Crippen LogP contribution in [0, 0.1) is 0 Å². The number of amides is 1. The zero-order chi connectivity index (χ0) is 7.82. The predicted octanol–water partition coefficient (Wildman–Crippen LogP) is 0.828. The van der Waals surface area contributed by atoms with Crippen molar-refractivity contribution in [3.8, 4) is 0 Å². The van der Waals surface area contributed by atoms with Crippen molar-refractivity contribution in [2.75, 3.05) is 18.9 Å². The van der Waals surface area contributed by atoms with Gasteiger partial charge in [0, 0.05) is 12.3 Å². The molecule has 0 spiro atoms. The van der Waals surface area contributed by atoms with Crippen molar-refractivity contribution < 1.29 is 9.53 Å². The van der Waals surface area contributed by atoms with Gasteiger partial charge in [-0.3, -0.25) is 0 Å². The lowest BCUT2D eigenvalue weighted by atomic mass is 10.7. The molecule has 0 unspecified atom stereocenters. The van der Waals surface area contributed by atoms with E-state index in [0.29, 0.717) is 12.3 Å². The van der Waals surface area contributed by atoms with Crippen LogP contribution < -0.4 is 5.32 Å². The molecule has 10 heavy (non-hydrogen) atoms. The molecule has 0 aromatic carbocycles. The van der Waals surface area contributed by atoms with Gasteiger partial charge < -0.3 is 10.1 Å². The fraction of sp³-hybridized carbons (Fsp3) is 0.500. The highest BCUT2D eigenvalue weighted by Crippen LogP contribution is 1.77. The maximum absolute atomic E-state index is 10.5. The SMILES string of the molecule is C=CCOC(=O)NCCS. The van der Waals surface area contributed by atoms with Gasteiger partial charge in [0.05, 0.1) is 0 Å². The van der Waals surface area contributed by atoms with E-state index in [2.05, 4.69) is 29.3 Å². The third-order valence-electron chi connectivity index (χ3n) is 0.713. The molecular weight excluding hydrogens is 150 g/mol. The number of carbonyl (C=O) groups excluding carboxylic acids is 1. The Morgan fingerprint density at radius 3 is 3.00 bits per heavy atom. The summed E-state index contributed by atoms with van der Waals surface area (Å²) in [5.41, 5.74) is 0. The largest absolute Gasteiger partial charge is 0.445 e. The van der Waals surface area contributed by atoms with Gasteiger partial charge in [-0.1, -0.05) is 12.7 Å². The van der Waals surface area contributed by atoms with Gasteiger partial charge in [0.25, 0.3) is 0 Å². The van der Waals surface area contributed by atoms with E-state index in [9.17, 15) is 4.79 Å². The molecule has 0 fully saturated rings. The fourth-order valence-electron chi connectivity index (χ4n) is 0.344. The van der Waals surface area contributed by atoms with Crippen LogP contribution in [0.4, 0.5) is 4.79 Å². The molecular formula is C6H11NO2S. The lowest BCUT2D eigenvalue weighted by Crippen LogP contribution is -2.26. The maximum Gasteiger partial charge on any atom is 0.407 e. The van der Waals surface area contributed by atoms with Gasteiger partial charge in [0.15, 0.2) is 0 Å². The molecule has 1 N–H and O–H groups in total. The molecule has 0 aromatic heterocycles. The molecule has 0 aromatic rings. The molecule has 0 saturated heterocycles. The van der Waals surface area contributed by atoms with Gasteiger partial charge in [-0.2, -0.15) is 12.6 Å². The number of hydrogen-bond donors (Lipinski definition) is 2. The van der Waals surface area contributed by atoms with Crippen LogP contribution in [0.25, 0.3) is 0 Å². The summed E-state index contributed by atoms with van der Waals surface area (Å²) in [6, 6.07) is 0. The van der Waals surface area contributed by atoms with Crippen LogP contribution in [-0.4, -0.2) is 25.0 Å². The van der Waals surface area contributed by atoms with Gasteiger partial charge in [0.2, 0.25) is 0 Å². The number of thiol groups is 1. The van der Waals surface area contributed by atoms with Crippen LogP contribution >= 0.6 is 12.6 Å². The minimum atomic E-state index is -0.422. The molecule has 0 rings (SSSR count). The maximum atomic E-state index is 10.5. The average molecular weight is 161 g/mol. The number of carbonyl (C=O) groups is 1. The highest BCUT2D eigenvalue weighted by Gasteiger charge is 1.95. The fourth-order valence-corrected chi connectivity index (χ4v) is 0.455. The third kappa shape index (κ3) is 5.50. The smallest absolute Gasteiger partial charge is 0.407 e. The van der Waals surface area contributed by atoms with Gasteiger partial charge in [-0.05, 0) is 0 Å². The topological polar surface area (TPSA) is 38.3 Å². The molecule has 0 aliphatic heterocycles. The number of alkyl carbamates (subject to hydrolysis) is 1. The lowest BCUT2D eigenvalue weighted by molar-refractivity contribution is 0.159. The number of rotatable bonds is 4. The minimum Gasteiger partial charge on any atom is -0.445 e. The Bertz CT molecular complexity index is 116. The monoisotopic (exact) mass is 161 g/mol.